The van der Waals surface area contributed by atoms with E-state index in [1.165, 1.54) is 0 Å². The van der Waals surface area contributed by atoms with Crippen LogP contribution in [0.4, 0.5) is 0 Å². The fourth-order valence-corrected chi connectivity index (χ4v) is 1.46. The smallest absolute Gasteiger partial charge is 0.165 e. The molecule has 0 saturated heterocycles. The molecule has 0 aromatic heterocycles. The zero-order valence-electron chi connectivity index (χ0n) is 7.72. The van der Waals surface area contributed by atoms with Crippen molar-refractivity contribution < 1.29 is 9.53 Å². The normalized spacial score (nSPS) is 9.93. The van der Waals surface area contributed by atoms with Gasteiger partial charge in [-0.1, -0.05) is 11.6 Å². The Balaban J connectivity index is 2.99. The Morgan fingerprint density at radius 3 is 2.79 bits per heavy atom. The van der Waals surface area contributed by atoms with Crippen LogP contribution in [0, 0.1) is 0 Å². The molecule has 1 rings (SSSR count). The van der Waals surface area contributed by atoms with E-state index in [0.29, 0.717) is 22.2 Å². The van der Waals surface area contributed by atoms with Crippen LogP contribution in [0.25, 0.3) is 0 Å². The van der Waals surface area contributed by atoms with Gasteiger partial charge in [0.1, 0.15) is 5.75 Å². The molecule has 0 saturated carbocycles. The van der Waals surface area contributed by atoms with E-state index < -0.39 is 0 Å². The molecule has 0 aliphatic rings. The second kappa shape index (κ2) is 5.23. The van der Waals surface area contributed by atoms with Crippen LogP contribution >= 0.6 is 23.2 Å². The minimum atomic E-state index is -0.0658. The number of ketones is 1. The van der Waals surface area contributed by atoms with Gasteiger partial charge in [-0.3, -0.25) is 4.79 Å². The zero-order chi connectivity index (χ0) is 10.6. The number of rotatable bonds is 4. The van der Waals surface area contributed by atoms with Crippen LogP contribution in [0.2, 0.25) is 5.02 Å². The topological polar surface area (TPSA) is 26.3 Å². The minimum absolute atomic E-state index is 0.0658. The Morgan fingerprint density at radius 1 is 1.50 bits per heavy atom. The van der Waals surface area contributed by atoms with E-state index in [9.17, 15) is 4.79 Å². The predicted molar refractivity (Wildman–Crippen MR) is 57.7 cm³/mol. The number of carbonyl (C=O) groups is 1. The van der Waals surface area contributed by atoms with Crippen molar-refractivity contribution >= 4 is 29.0 Å². The summed E-state index contributed by atoms with van der Waals surface area (Å²) in [6.07, 6.45) is 0.286. The Labute approximate surface area is 92.8 Å². The first-order valence-electron chi connectivity index (χ1n) is 4.11. The van der Waals surface area contributed by atoms with Crippen LogP contribution in [0.3, 0.4) is 0 Å². The highest BCUT2D eigenvalue weighted by Crippen LogP contribution is 2.23. The molecule has 0 heterocycles. The lowest BCUT2D eigenvalue weighted by molar-refractivity contribution is 0.0989. The second-order valence-corrected chi connectivity index (χ2v) is 3.49. The fraction of sp³-hybridized carbons (Fsp3) is 0.300. The second-order valence-electron chi connectivity index (χ2n) is 2.71. The summed E-state index contributed by atoms with van der Waals surface area (Å²) in [5.74, 6) is 0.850. The third kappa shape index (κ3) is 2.63. The van der Waals surface area contributed by atoms with Crippen molar-refractivity contribution in [2.45, 2.75) is 6.42 Å². The summed E-state index contributed by atoms with van der Waals surface area (Å²) in [5, 5.41) is 0.431. The lowest BCUT2D eigenvalue weighted by Gasteiger charge is -2.05. The number of Topliss-reactive ketones (excluding diaryl/α,β-unsaturated/α-hetero) is 1. The molecule has 0 aliphatic carbocycles. The lowest BCUT2D eigenvalue weighted by atomic mass is 10.1. The maximum absolute atomic E-state index is 11.5. The van der Waals surface area contributed by atoms with Crippen molar-refractivity contribution in [1.82, 2.24) is 0 Å². The van der Waals surface area contributed by atoms with Gasteiger partial charge in [0.05, 0.1) is 12.1 Å². The summed E-state index contributed by atoms with van der Waals surface area (Å²) < 4.78 is 4.99. The van der Waals surface area contributed by atoms with Gasteiger partial charge in [0.15, 0.2) is 5.78 Å². The zero-order valence-corrected chi connectivity index (χ0v) is 9.23. The van der Waals surface area contributed by atoms with Gasteiger partial charge < -0.3 is 4.74 Å². The van der Waals surface area contributed by atoms with Crippen LogP contribution in [0.1, 0.15) is 16.8 Å². The predicted octanol–water partition coefficient (Wildman–Crippen LogP) is 3.16. The SMILES string of the molecule is COc1ccc(Cl)c(C(=O)CCCl)c1. The Bertz CT molecular complexity index is 337. The van der Waals surface area contributed by atoms with E-state index in [2.05, 4.69) is 0 Å². The Hall–Kier alpha value is -0.730. The third-order valence-corrected chi connectivity index (χ3v) is 2.31. The molecule has 0 unspecified atom stereocenters. The van der Waals surface area contributed by atoms with Gasteiger partial charge in [-0.25, -0.2) is 0 Å². The maximum Gasteiger partial charge on any atom is 0.165 e. The van der Waals surface area contributed by atoms with Crippen molar-refractivity contribution in [3.63, 3.8) is 0 Å². The third-order valence-electron chi connectivity index (χ3n) is 1.80. The molecular weight excluding hydrogens is 223 g/mol. The molecule has 0 N–H and O–H groups in total. The lowest BCUT2D eigenvalue weighted by Crippen LogP contribution is -2.01. The number of ether oxygens (including phenoxy) is 1. The largest absolute Gasteiger partial charge is 0.497 e. The van der Waals surface area contributed by atoms with Crippen LogP contribution < -0.4 is 4.74 Å². The Kier molecular flexibility index (Phi) is 4.23. The van der Waals surface area contributed by atoms with Gasteiger partial charge in [-0.05, 0) is 18.2 Å². The van der Waals surface area contributed by atoms with Crippen molar-refractivity contribution in [1.29, 1.82) is 0 Å². The summed E-state index contributed by atoms with van der Waals surface area (Å²) in [5.41, 5.74) is 0.465. The van der Waals surface area contributed by atoms with Crippen molar-refractivity contribution in [3.05, 3.63) is 28.8 Å². The average molecular weight is 233 g/mol. The van der Waals surface area contributed by atoms with Gasteiger partial charge >= 0.3 is 0 Å². The molecule has 0 atom stereocenters. The molecule has 2 nitrogen and oxygen atoms in total. The van der Waals surface area contributed by atoms with E-state index in [1.54, 1.807) is 25.3 Å². The molecule has 0 spiro atoms. The van der Waals surface area contributed by atoms with Gasteiger partial charge in [-0.15, -0.1) is 11.6 Å². The summed E-state index contributed by atoms with van der Waals surface area (Å²) in [6.45, 7) is 0. The molecule has 14 heavy (non-hydrogen) atoms. The minimum Gasteiger partial charge on any atom is -0.497 e. The first-order chi connectivity index (χ1) is 6.69. The maximum atomic E-state index is 11.5. The number of halogens is 2. The number of hydrogen-bond acceptors (Lipinski definition) is 2. The van der Waals surface area contributed by atoms with E-state index in [1.807, 2.05) is 0 Å². The molecule has 0 radical (unpaired) electrons. The van der Waals surface area contributed by atoms with Gasteiger partial charge in [0.25, 0.3) is 0 Å². The summed E-state index contributed by atoms with van der Waals surface area (Å²) in [4.78, 5) is 11.5. The van der Waals surface area contributed by atoms with E-state index in [4.69, 9.17) is 27.9 Å². The molecule has 0 bridgehead atoms. The molecule has 0 fully saturated rings. The van der Waals surface area contributed by atoms with Crippen molar-refractivity contribution in [3.8, 4) is 5.75 Å². The molecule has 4 heteroatoms. The van der Waals surface area contributed by atoms with E-state index in [0.717, 1.165) is 0 Å². The summed E-state index contributed by atoms with van der Waals surface area (Å²) in [6, 6.07) is 4.97. The van der Waals surface area contributed by atoms with Crippen molar-refractivity contribution in [2.24, 2.45) is 0 Å². The average Bonchev–Trinajstić information content (AvgIpc) is 2.19. The molecular formula is C10H10Cl2O2. The highest BCUT2D eigenvalue weighted by molar-refractivity contribution is 6.34. The monoisotopic (exact) mass is 232 g/mol. The Morgan fingerprint density at radius 2 is 2.21 bits per heavy atom. The van der Waals surface area contributed by atoms with E-state index >= 15 is 0 Å². The molecule has 1 aromatic rings. The fourth-order valence-electron chi connectivity index (χ4n) is 1.07. The van der Waals surface area contributed by atoms with Crippen molar-refractivity contribution in [2.75, 3.05) is 13.0 Å². The highest BCUT2D eigenvalue weighted by atomic mass is 35.5. The molecule has 1 aromatic carbocycles. The quantitative estimate of drug-likeness (QED) is 0.589. The highest BCUT2D eigenvalue weighted by Gasteiger charge is 2.10. The van der Waals surface area contributed by atoms with Crippen LogP contribution in [-0.4, -0.2) is 18.8 Å². The standard InChI is InChI=1S/C10H10Cl2O2/c1-14-7-2-3-9(12)8(6-7)10(13)4-5-11/h2-3,6H,4-5H2,1H3. The van der Waals surface area contributed by atoms with Crippen LogP contribution in [0.15, 0.2) is 18.2 Å². The van der Waals surface area contributed by atoms with Gasteiger partial charge in [-0.2, -0.15) is 0 Å². The number of hydrogen-bond donors (Lipinski definition) is 0. The van der Waals surface area contributed by atoms with Crippen LogP contribution in [0.5, 0.6) is 5.75 Å². The molecule has 0 aliphatic heterocycles. The van der Waals surface area contributed by atoms with Crippen LogP contribution in [-0.2, 0) is 0 Å². The summed E-state index contributed by atoms with van der Waals surface area (Å²) in [7, 11) is 1.54. The summed E-state index contributed by atoms with van der Waals surface area (Å²) >= 11 is 11.3. The number of carbonyl (C=O) groups excluding carboxylic acids is 1. The van der Waals surface area contributed by atoms with Gasteiger partial charge in [0.2, 0.25) is 0 Å². The number of methoxy groups -OCH3 is 1. The first kappa shape index (κ1) is 11.3. The van der Waals surface area contributed by atoms with E-state index in [-0.39, 0.29) is 12.2 Å². The number of benzene rings is 1. The molecule has 76 valence electrons. The number of alkyl halides is 1. The first-order valence-corrected chi connectivity index (χ1v) is 5.03. The molecule has 0 amide bonds. The van der Waals surface area contributed by atoms with Gasteiger partial charge in [0, 0.05) is 17.9 Å².